The number of unbranched alkanes of at least 4 members (excludes halogenated alkanes) is 1. The molecule has 0 aliphatic heterocycles. The minimum Gasteiger partial charge on any atom is -0.496 e. The fourth-order valence-corrected chi connectivity index (χ4v) is 2.40. The van der Waals surface area contributed by atoms with Crippen molar-refractivity contribution in [3.63, 3.8) is 0 Å². The van der Waals surface area contributed by atoms with E-state index in [1.54, 1.807) is 26.3 Å². The summed E-state index contributed by atoms with van der Waals surface area (Å²) in [7, 11) is 3.41. The van der Waals surface area contributed by atoms with Crippen molar-refractivity contribution in [2.45, 2.75) is 19.4 Å². The number of ether oxygens (including phenoxy) is 2. The first-order valence-corrected chi connectivity index (χ1v) is 8.67. The van der Waals surface area contributed by atoms with Crippen LogP contribution in [0.2, 0.25) is 0 Å². The van der Waals surface area contributed by atoms with E-state index >= 15 is 0 Å². The number of hydrogen-bond acceptors (Lipinski definition) is 3. The van der Waals surface area contributed by atoms with Crippen molar-refractivity contribution < 1.29 is 13.9 Å². The quantitative estimate of drug-likeness (QED) is 0.243. The van der Waals surface area contributed by atoms with E-state index in [4.69, 9.17) is 9.47 Å². The average Bonchev–Trinajstić information content (AvgIpc) is 2.68. The Kier molecular flexibility index (Phi) is 11.2. The second-order valence-corrected chi connectivity index (χ2v) is 5.67. The van der Waals surface area contributed by atoms with E-state index in [1.807, 2.05) is 24.3 Å². The molecule has 0 saturated carbocycles. The topological polar surface area (TPSA) is 54.9 Å². The van der Waals surface area contributed by atoms with Gasteiger partial charge in [0.25, 0.3) is 0 Å². The third-order valence-electron chi connectivity index (χ3n) is 3.81. The molecule has 0 unspecified atom stereocenters. The van der Waals surface area contributed by atoms with Crippen LogP contribution < -0.4 is 20.1 Å². The molecule has 2 aromatic carbocycles. The summed E-state index contributed by atoms with van der Waals surface area (Å²) in [6.45, 7) is 2.02. The van der Waals surface area contributed by atoms with Crippen LogP contribution in [0.25, 0.3) is 0 Å². The van der Waals surface area contributed by atoms with Crippen LogP contribution in [-0.2, 0) is 6.54 Å². The minimum atomic E-state index is -0.256. The van der Waals surface area contributed by atoms with Gasteiger partial charge in [-0.05, 0) is 43.2 Å². The van der Waals surface area contributed by atoms with Gasteiger partial charge in [0, 0.05) is 25.7 Å². The van der Waals surface area contributed by atoms with Crippen LogP contribution in [0.4, 0.5) is 4.39 Å². The first-order valence-electron chi connectivity index (χ1n) is 8.67. The van der Waals surface area contributed by atoms with Crippen LogP contribution in [0, 0.1) is 5.82 Å². The summed E-state index contributed by atoms with van der Waals surface area (Å²) in [4.78, 5) is 4.22. The number of nitrogens with one attached hydrogen (secondary N) is 2. The molecule has 2 N–H and O–H groups in total. The standard InChI is InChI=1S/C20H26FN3O2.HI/c1-22-20(24-15-16-7-3-4-8-19(16)25-2)23-13-5-6-14-26-18-11-9-17(21)10-12-18;/h3-4,7-12H,5-6,13-15H2,1-2H3,(H2,22,23,24);1H. The Morgan fingerprint density at radius 1 is 1.04 bits per heavy atom. The van der Waals surface area contributed by atoms with Crippen LogP contribution in [0.3, 0.4) is 0 Å². The van der Waals surface area contributed by atoms with Gasteiger partial charge in [-0.15, -0.1) is 24.0 Å². The molecule has 5 nitrogen and oxygen atoms in total. The van der Waals surface area contributed by atoms with Crippen molar-refractivity contribution in [1.29, 1.82) is 0 Å². The predicted molar refractivity (Wildman–Crippen MR) is 118 cm³/mol. The van der Waals surface area contributed by atoms with E-state index in [1.165, 1.54) is 12.1 Å². The summed E-state index contributed by atoms with van der Waals surface area (Å²) in [5.41, 5.74) is 1.07. The highest BCUT2D eigenvalue weighted by molar-refractivity contribution is 14.0. The molecule has 0 fully saturated rings. The summed E-state index contributed by atoms with van der Waals surface area (Å²) in [6.07, 6.45) is 1.84. The molecule has 2 rings (SSSR count). The van der Waals surface area contributed by atoms with Crippen LogP contribution in [-0.4, -0.2) is 33.3 Å². The summed E-state index contributed by atoms with van der Waals surface area (Å²) < 4.78 is 23.7. The lowest BCUT2D eigenvalue weighted by Gasteiger charge is -2.13. The summed E-state index contributed by atoms with van der Waals surface area (Å²) in [5.74, 6) is 2.03. The zero-order valence-corrected chi connectivity index (χ0v) is 18.0. The minimum absolute atomic E-state index is 0. The number of para-hydroxylation sites is 1. The van der Waals surface area contributed by atoms with E-state index < -0.39 is 0 Å². The average molecular weight is 487 g/mol. The number of aliphatic imine (C=N–C) groups is 1. The number of rotatable bonds is 9. The van der Waals surface area contributed by atoms with Gasteiger partial charge in [0.1, 0.15) is 17.3 Å². The summed E-state index contributed by atoms with van der Waals surface area (Å²) in [5, 5.41) is 6.55. The lowest BCUT2D eigenvalue weighted by Crippen LogP contribution is -2.37. The molecule has 0 aromatic heterocycles. The van der Waals surface area contributed by atoms with Crippen LogP contribution >= 0.6 is 24.0 Å². The van der Waals surface area contributed by atoms with E-state index in [2.05, 4.69) is 15.6 Å². The first-order chi connectivity index (χ1) is 12.7. The molecule has 7 heteroatoms. The lowest BCUT2D eigenvalue weighted by atomic mass is 10.2. The molecule has 0 radical (unpaired) electrons. The fraction of sp³-hybridized carbons (Fsp3) is 0.350. The Balaban J connectivity index is 0.00000364. The number of guanidine groups is 1. The molecule has 0 saturated heterocycles. The van der Waals surface area contributed by atoms with Gasteiger partial charge in [-0.3, -0.25) is 4.99 Å². The Morgan fingerprint density at radius 2 is 1.78 bits per heavy atom. The fourth-order valence-electron chi connectivity index (χ4n) is 2.40. The van der Waals surface area contributed by atoms with E-state index in [0.29, 0.717) is 18.9 Å². The normalized spacial score (nSPS) is 10.7. The Labute approximate surface area is 177 Å². The zero-order valence-electron chi connectivity index (χ0n) is 15.7. The van der Waals surface area contributed by atoms with Crippen molar-refractivity contribution in [2.24, 2.45) is 4.99 Å². The highest BCUT2D eigenvalue weighted by Gasteiger charge is 2.03. The largest absolute Gasteiger partial charge is 0.496 e. The van der Waals surface area contributed by atoms with Gasteiger partial charge in [0.2, 0.25) is 0 Å². The molecule has 0 amide bonds. The molecular weight excluding hydrogens is 460 g/mol. The number of nitrogens with zero attached hydrogens (tertiary/aromatic N) is 1. The Hall–Kier alpha value is -2.03. The van der Waals surface area contributed by atoms with Gasteiger partial charge in [0.15, 0.2) is 5.96 Å². The molecule has 2 aromatic rings. The number of methoxy groups -OCH3 is 1. The van der Waals surface area contributed by atoms with Crippen LogP contribution in [0.15, 0.2) is 53.5 Å². The molecule has 0 bridgehead atoms. The Morgan fingerprint density at radius 3 is 2.48 bits per heavy atom. The molecule has 27 heavy (non-hydrogen) atoms. The van der Waals surface area contributed by atoms with E-state index in [0.717, 1.165) is 36.7 Å². The van der Waals surface area contributed by atoms with Crippen molar-refractivity contribution in [3.8, 4) is 11.5 Å². The third-order valence-corrected chi connectivity index (χ3v) is 3.81. The van der Waals surface area contributed by atoms with Gasteiger partial charge >= 0.3 is 0 Å². The smallest absolute Gasteiger partial charge is 0.191 e. The molecule has 0 atom stereocenters. The second-order valence-electron chi connectivity index (χ2n) is 5.67. The van der Waals surface area contributed by atoms with Crippen molar-refractivity contribution in [3.05, 3.63) is 59.9 Å². The second kappa shape index (κ2) is 13.2. The number of benzene rings is 2. The monoisotopic (exact) mass is 487 g/mol. The Bertz CT molecular complexity index is 696. The molecule has 148 valence electrons. The zero-order chi connectivity index (χ0) is 18.6. The first kappa shape index (κ1) is 23.0. The van der Waals surface area contributed by atoms with Gasteiger partial charge in [-0.25, -0.2) is 4.39 Å². The maximum Gasteiger partial charge on any atom is 0.191 e. The number of hydrogen-bond donors (Lipinski definition) is 2. The summed E-state index contributed by atoms with van der Waals surface area (Å²) >= 11 is 0. The molecule has 0 aliphatic carbocycles. The maximum atomic E-state index is 12.8. The third kappa shape index (κ3) is 8.47. The van der Waals surface area contributed by atoms with E-state index in [9.17, 15) is 4.39 Å². The molecule has 0 aliphatic rings. The van der Waals surface area contributed by atoms with Gasteiger partial charge in [-0.1, -0.05) is 18.2 Å². The van der Waals surface area contributed by atoms with Crippen LogP contribution in [0.1, 0.15) is 18.4 Å². The van der Waals surface area contributed by atoms with Crippen molar-refractivity contribution >= 4 is 29.9 Å². The molecule has 0 spiro atoms. The molecular formula is C20H27FIN3O2. The number of halogens is 2. The predicted octanol–water partition coefficient (Wildman–Crippen LogP) is 3.98. The lowest BCUT2D eigenvalue weighted by molar-refractivity contribution is 0.306. The van der Waals surface area contributed by atoms with Gasteiger partial charge < -0.3 is 20.1 Å². The van der Waals surface area contributed by atoms with Crippen molar-refractivity contribution in [1.82, 2.24) is 10.6 Å². The van der Waals surface area contributed by atoms with Crippen LogP contribution in [0.5, 0.6) is 11.5 Å². The van der Waals surface area contributed by atoms with Crippen molar-refractivity contribution in [2.75, 3.05) is 27.3 Å². The van der Waals surface area contributed by atoms with Gasteiger partial charge in [0.05, 0.1) is 13.7 Å². The molecule has 0 heterocycles. The van der Waals surface area contributed by atoms with E-state index in [-0.39, 0.29) is 29.8 Å². The SMILES string of the molecule is CN=C(NCCCCOc1ccc(F)cc1)NCc1ccccc1OC.I. The highest BCUT2D eigenvalue weighted by Crippen LogP contribution is 2.16. The summed E-state index contributed by atoms with van der Waals surface area (Å²) in [6, 6.07) is 14.0. The maximum absolute atomic E-state index is 12.8. The highest BCUT2D eigenvalue weighted by atomic mass is 127. The van der Waals surface area contributed by atoms with Gasteiger partial charge in [-0.2, -0.15) is 0 Å².